The van der Waals surface area contributed by atoms with Crippen molar-refractivity contribution in [2.24, 2.45) is 5.14 Å². The molecule has 0 spiro atoms. The Balaban J connectivity index is 4.06. The Bertz CT molecular complexity index is 92.8. The summed E-state index contributed by atoms with van der Waals surface area (Å²) in [5.41, 5.74) is 0. The van der Waals surface area contributed by atoms with Crippen molar-refractivity contribution in [3.05, 3.63) is 0 Å². The molecule has 0 saturated heterocycles. The van der Waals surface area contributed by atoms with Crippen LogP contribution in [0.3, 0.4) is 0 Å². The zero-order valence-corrected chi connectivity index (χ0v) is 4.40. The fourth-order valence-electron chi connectivity index (χ4n) is 0. The van der Waals surface area contributed by atoms with E-state index in [9.17, 15) is 8.42 Å². The van der Waals surface area contributed by atoms with Crippen molar-refractivity contribution in [1.82, 2.24) is 0 Å². The average Bonchev–Trinajstić information content (AvgIpc) is 0.722. The number of nitrogens with two attached hydrogens (primary N) is 1. The third-order valence-electron chi connectivity index (χ3n) is 0. The van der Waals surface area contributed by atoms with Gasteiger partial charge in [-0.25, -0.2) is 0 Å². The van der Waals surface area contributed by atoms with E-state index in [2.05, 4.69) is 24.9 Å². The summed E-state index contributed by atoms with van der Waals surface area (Å²) in [5, 5.41) is 4.24. The molecule has 0 bridgehead atoms. The maximum atomic E-state index is 9.33. The van der Waals surface area contributed by atoms with Gasteiger partial charge >= 0.3 is 40.8 Å². The second kappa shape index (κ2) is 1.40. The van der Waals surface area contributed by atoms with Gasteiger partial charge in [0.15, 0.2) is 0 Å². The molecule has 0 aliphatic rings. The molecule has 0 radical (unpaired) electrons. The van der Waals surface area contributed by atoms with Crippen LogP contribution in [-0.4, -0.2) is 8.42 Å². The molecule has 0 aromatic rings. The molecule has 3 nitrogen and oxygen atoms in total. The molecule has 0 aromatic carbocycles. The van der Waals surface area contributed by atoms with Gasteiger partial charge in [-0.1, -0.05) is 0 Å². The zero-order valence-electron chi connectivity index (χ0n) is 2.10. The van der Waals surface area contributed by atoms with Crippen LogP contribution in [0.2, 0.25) is 0 Å². The molecule has 0 unspecified atom stereocenters. The van der Waals surface area contributed by atoms with Crippen molar-refractivity contribution in [2.75, 3.05) is 0 Å². The molecule has 0 saturated carbocycles. The quantitative estimate of drug-likeness (QED) is 0.482. The van der Waals surface area contributed by atoms with Crippen LogP contribution in [0.25, 0.3) is 0 Å². The summed E-state index contributed by atoms with van der Waals surface area (Å²) in [7, 11) is -3.36. The van der Waals surface area contributed by atoms with Gasteiger partial charge in [-0.2, -0.15) is 0 Å². The first-order chi connectivity index (χ1) is 2.00. The zero-order chi connectivity index (χ0) is 4.50. The van der Waals surface area contributed by atoms with E-state index in [-0.39, 0.29) is 0 Å². The van der Waals surface area contributed by atoms with E-state index in [0.717, 1.165) is 0 Å². The normalized spacial score (nSPS) is 11.8. The van der Waals surface area contributed by atoms with E-state index in [4.69, 9.17) is 0 Å². The van der Waals surface area contributed by atoms with Crippen molar-refractivity contribution in [3.63, 3.8) is 0 Å². The Kier molecular flexibility index (Phi) is 1.58. The summed E-state index contributed by atoms with van der Waals surface area (Å²) in [6.45, 7) is 0. The Hall–Kier alpha value is 0.650. The van der Waals surface area contributed by atoms with Crippen molar-refractivity contribution >= 4 is 7.49 Å². The number of hydrogen-bond donors (Lipinski definition) is 1. The first-order valence-corrected chi connectivity index (χ1v) is 3.89. The van der Waals surface area contributed by atoms with E-state index < -0.39 is 7.49 Å². The first-order valence-electron chi connectivity index (χ1n) is 0.692. The molecule has 0 aliphatic heterocycles. The SMILES string of the molecule is N[S](=O)(=O)[Ag]. The molecular formula is H2AgNO2S. The molecule has 0 aliphatic carbocycles. The number of rotatable bonds is 0. The third-order valence-corrected chi connectivity index (χ3v) is 0. The van der Waals surface area contributed by atoms with Gasteiger partial charge < -0.3 is 0 Å². The summed E-state index contributed by atoms with van der Waals surface area (Å²) in [5.74, 6) is 0. The molecule has 0 fully saturated rings. The topological polar surface area (TPSA) is 60.2 Å². The van der Waals surface area contributed by atoms with Crippen LogP contribution >= 0.6 is 0 Å². The Labute approximate surface area is 41.1 Å². The predicted octanol–water partition coefficient (Wildman–Crippen LogP) is -1.26. The molecule has 0 heterocycles. The van der Waals surface area contributed by atoms with Crippen LogP contribution in [0, 0.1) is 0 Å². The van der Waals surface area contributed by atoms with Gasteiger partial charge in [-0.3, -0.25) is 0 Å². The molecule has 36 valence electrons. The Morgan fingerprint density at radius 1 is 1.60 bits per heavy atom. The van der Waals surface area contributed by atoms with E-state index >= 15 is 0 Å². The van der Waals surface area contributed by atoms with Crippen LogP contribution in [-0.2, 0) is 27.2 Å². The van der Waals surface area contributed by atoms with Crippen LogP contribution in [0.5, 0.6) is 0 Å². The summed E-state index contributed by atoms with van der Waals surface area (Å²) in [4.78, 5) is 0. The molecule has 5 heavy (non-hydrogen) atoms. The van der Waals surface area contributed by atoms with Gasteiger partial charge in [0.25, 0.3) is 0 Å². The summed E-state index contributed by atoms with van der Waals surface area (Å²) < 4.78 is 18.7. The van der Waals surface area contributed by atoms with Crippen LogP contribution < -0.4 is 5.14 Å². The van der Waals surface area contributed by atoms with Gasteiger partial charge in [0.2, 0.25) is 0 Å². The predicted molar refractivity (Wildman–Crippen MR) is 13.1 cm³/mol. The van der Waals surface area contributed by atoms with Gasteiger partial charge in [0.05, 0.1) is 0 Å². The Morgan fingerprint density at radius 3 is 1.60 bits per heavy atom. The van der Waals surface area contributed by atoms with E-state index in [1.54, 1.807) is 0 Å². The van der Waals surface area contributed by atoms with Crippen LogP contribution in [0.1, 0.15) is 0 Å². The van der Waals surface area contributed by atoms with E-state index in [1.165, 1.54) is 0 Å². The van der Waals surface area contributed by atoms with Gasteiger partial charge in [0, 0.05) is 0 Å². The average molecular weight is 188 g/mol. The molecule has 0 rings (SSSR count). The molecule has 0 aromatic heterocycles. The second-order valence-corrected chi connectivity index (χ2v) is 3.83. The molecule has 0 atom stereocenters. The minimum absolute atomic E-state index is 2.14. The minimum atomic E-state index is -3.36. The van der Waals surface area contributed by atoms with Crippen LogP contribution in [0.4, 0.5) is 0 Å². The second-order valence-electron chi connectivity index (χ2n) is 0.432. The van der Waals surface area contributed by atoms with Crippen molar-refractivity contribution in [1.29, 1.82) is 0 Å². The van der Waals surface area contributed by atoms with Gasteiger partial charge in [-0.05, 0) is 0 Å². The summed E-state index contributed by atoms with van der Waals surface area (Å²) in [6.07, 6.45) is 0. The van der Waals surface area contributed by atoms with Gasteiger partial charge in [0.1, 0.15) is 0 Å². The van der Waals surface area contributed by atoms with Crippen LogP contribution in [0.15, 0.2) is 0 Å². The first kappa shape index (κ1) is 5.65. The Morgan fingerprint density at radius 2 is 1.60 bits per heavy atom. The third kappa shape index (κ3) is 77.2. The van der Waals surface area contributed by atoms with E-state index in [1.807, 2.05) is 0 Å². The standard InChI is InChI=1S/Ag.H2NO2S/c;1-4(2)3/h;(H2,1,2,3). The monoisotopic (exact) mass is 187 g/mol. The summed E-state index contributed by atoms with van der Waals surface area (Å²) in [6, 6.07) is 0. The molecular weight excluding hydrogens is 186 g/mol. The molecule has 2 N–H and O–H groups in total. The number of hydrogen-bond acceptors (Lipinski definition) is 2. The van der Waals surface area contributed by atoms with Gasteiger partial charge in [-0.15, -0.1) is 0 Å². The maximum absolute atomic E-state index is 9.33. The fraction of sp³-hybridized carbons (Fsp3) is 0. The molecule has 5 heteroatoms. The summed E-state index contributed by atoms with van der Waals surface area (Å²) >= 11 is 2.14. The fourth-order valence-corrected chi connectivity index (χ4v) is 0. The molecule has 0 amide bonds. The van der Waals surface area contributed by atoms with Crippen molar-refractivity contribution < 1.29 is 28.2 Å². The van der Waals surface area contributed by atoms with Crippen molar-refractivity contribution in [3.8, 4) is 0 Å². The van der Waals surface area contributed by atoms with E-state index in [0.29, 0.717) is 0 Å². The van der Waals surface area contributed by atoms with Crippen molar-refractivity contribution in [2.45, 2.75) is 0 Å².